The molecule has 19 heavy (non-hydrogen) atoms. The van der Waals surface area contributed by atoms with Crippen LogP contribution in [0.25, 0.3) is 0 Å². The predicted octanol–water partition coefficient (Wildman–Crippen LogP) is 0.472. The second-order valence-corrected chi connectivity index (χ2v) is 6.90. The molecule has 1 aliphatic heterocycles. The van der Waals surface area contributed by atoms with Gasteiger partial charge in [0.25, 0.3) is 0 Å². The molecule has 2 N–H and O–H groups in total. The number of sulfone groups is 1. The van der Waals surface area contributed by atoms with Crippen LogP contribution in [0.4, 0.5) is 5.95 Å². The molecule has 1 aliphatic rings. The van der Waals surface area contributed by atoms with E-state index in [4.69, 9.17) is 5.11 Å². The van der Waals surface area contributed by atoms with Crippen LogP contribution in [-0.2, 0) is 9.84 Å². The number of aromatic nitrogens is 2. The Morgan fingerprint density at radius 3 is 2.58 bits per heavy atom. The van der Waals surface area contributed by atoms with Crippen LogP contribution < -0.4 is 5.32 Å². The van der Waals surface area contributed by atoms with E-state index in [1.807, 2.05) is 0 Å². The summed E-state index contributed by atoms with van der Waals surface area (Å²) in [6.07, 6.45) is 0.976. The number of carboxylic acids is 1. The molecule has 1 fully saturated rings. The second-order valence-electron chi connectivity index (χ2n) is 4.59. The zero-order chi connectivity index (χ0) is 14.0. The van der Waals surface area contributed by atoms with E-state index >= 15 is 0 Å². The summed E-state index contributed by atoms with van der Waals surface area (Å²) in [4.78, 5) is 18.9. The third-order valence-electron chi connectivity index (χ3n) is 2.96. The number of anilines is 1. The highest BCUT2D eigenvalue weighted by Crippen LogP contribution is 2.16. The number of rotatable bonds is 3. The van der Waals surface area contributed by atoms with Crippen molar-refractivity contribution in [3.8, 4) is 0 Å². The van der Waals surface area contributed by atoms with Gasteiger partial charge in [-0.25, -0.2) is 23.2 Å². The van der Waals surface area contributed by atoms with Gasteiger partial charge in [-0.15, -0.1) is 0 Å². The zero-order valence-electron chi connectivity index (χ0n) is 10.5. The minimum atomic E-state index is -2.91. The van der Waals surface area contributed by atoms with E-state index < -0.39 is 15.8 Å². The van der Waals surface area contributed by atoms with Crippen LogP contribution in [0.1, 0.15) is 29.0 Å². The number of aromatic carboxylic acids is 1. The third kappa shape index (κ3) is 3.63. The van der Waals surface area contributed by atoms with Gasteiger partial charge in [0.1, 0.15) is 9.84 Å². The van der Waals surface area contributed by atoms with Crippen molar-refractivity contribution in [1.82, 2.24) is 9.97 Å². The third-order valence-corrected chi connectivity index (χ3v) is 4.68. The Labute approximate surface area is 111 Å². The molecule has 2 rings (SSSR count). The Hall–Kier alpha value is -1.70. The number of nitrogens with one attached hydrogen (secondary N) is 1. The number of nitrogens with zero attached hydrogens (tertiary/aromatic N) is 2. The van der Waals surface area contributed by atoms with E-state index in [-0.39, 0.29) is 29.2 Å². The van der Waals surface area contributed by atoms with Crippen LogP contribution >= 0.6 is 0 Å². The van der Waals surface area contributed by atoms with Gasteiger partial charge in [0.2, 0.25) is 5.95 Å². The molecule has 1 aromatic heterocycles. The fourth-order valence-corrected chi connectivity index (χ4v) is 3.45. The Morgan fingerprint density at radius 1 is 1.37 bits per heavy atom. The summed E-state index contributed by atoms with van der Waals surface area (Å²) >= 11 is 0. The highest BCUT2D eigenvalue weighted by atomic mass is 32.2. The molecule has 0 atom stereocenters. The molecule has 0 spiro atoms. The topological polar surface area (TPSA) is 109 Å². The summed E-state index contributed by atoms with van der Waals surface area (Å²) in [5, 5.41) is 11.9. The molecule has 0 radical (unpaired) electrons. The highest BCUT2D eigenvalue weighted by molar-refractivity contribution is 7.91. The molecule has 0 saturated carbocycles. The van der Waals surface area contributed by atoms with Crippen LogP contribution in [-0.4, -0.2) is 47.0 Å². The molecule has 0 amide bonds. The number of hydrogen-bond donors (Lipinski definition) is 2. The summed E-state index contributed by atoms with van der Waals surface area (Å²) in [5.74, 6) is -0.591. The van der Waals surface area contributed by atoms with Gasteiger partial charge in [0.05, 0.1) is 11.5 Å². The summed E-state index contributed by atoms with van der Waals surface area (Å²) in [6.45, 7) is 1.69. The summed E-state index contributed by atoms with van der Waals surface area (Å²) in [7, 11) is -2.91. The van der Waals surface area contributed by atoms with E-state index in [0.717, 1.165) is 0 Å². The first-order valence-corrected chi connectivity index (χ1v) is 7.74. The molecule has 0 unspecified atom stereocenters. The quantitative estimate of drug-likeness (QED) is 0.830. The molecule has 0 bridgehead atoms. The van der Waals surface area contributed by atoms with Crippen molar-refractivity contribution in [2.24, 2.45) is 0 Å². The van der Waals surface area contributed by atoms with Crippen LogP contribution in [0, 0.1) is 6.92 Å². The van der Waals surface area contributed by atoms with Crippen molar-refractivity contribution in [3.63, 3.8) is 0 Å². The molecular weight excluding hydrogens is 270 g/mol. The van der Waals surface area contributed by atoms with Crippen molar-refractivity contribution in [2.75, 3.05) is 16.8 Å². The monoisotopic (exact) mass is 285 g/mol. The smallest absolute Gasteiger partial charge is 0.354 e. The predicted molar refractivity (Wildman–Crippen MR) is 69.0 cm³/mol. The lowest BCUT2D eigenvalue weighted by molar-refractivity contribution is 0.0690. The van der Waals surface area contributed by atoms with Crippen molar-refractivity contribution in [1.29, 1.82) is 0 Å². The van der Waals surface area contributed by atoms with Crippen molar-refractivity contribution >= 4 is 21.8 Å². The van der Waals surface area contributed by atoms with E-state index in [1.54, 1.807) is 6.92 Å². The number of aryl methyl sites for hydroxylation is 1. The van der Waals surface area contributed by atoms with Gasteiger partial charge < -0.3 is 10.4 Å². The van der Waals surface area contributed by atoms with Crippen LogP contribution in [0.15, 0.2) is 6.07 Å². The van der Waals surface area contributed by atoms with Gasteiger partial charge in [-0.05, 0) is 25.8 Å². The average molecular weight is 285 g/mol. The number of hydrogen-bond acceptors (Lipinski definition) is 6. The molecule has 0 aromatic carbocycles. The van der Waals surface area contributed by atoms with Gasteiger partial charge in [-0.2, -0.15) is 0 Å². The fraction of sp³-hybridized carbons (Fsp3) is 0.545. The summed E-state index contributed by atoms with van der Waals surface area (Å²) in [6, 6.07) is 1.35. The van der Waals surface area contributed by atoms with Gasteiger partial charge in [-0.3, -0.25) is 0 Å². The maximum absolute atomic E-state index is 11.3. The first-order chi connectivity index (χ1) is 8.85. The standard InChI is InChI=1S/C11H15N3O4S/c1-7-6-9(10(15)16)14-11(12-7)13-8-2-4-19(17,18)5-3-8/h6,8H,2-5H2,1H3,(H,15,16)(H,12,13,14). The molecule has 2 heterocycles. The van der Waals surface area contributed by atoms with Crippen LogP contribution in [0.3, 0.4) is 0 Å². The van der Waals surface area contributed by atoms with E-state index in [2.05, 4.69) is 15.3 Å². The molecule has 8 heteroatoms. The fourth-order valence-electron chi connectivity index (χ4n) is 1.96. The Bertz CT molecular complexity index is 586. The lowest BCUT2D eigenvalue weighted by atomic mass is 10.1. The summed E-state index contributed by atoms with van der Waals surface area (Å²) < 4.78 is 22.6. The lowest BCUT2D eigenvalue weighted by Gasteiger charge is -2.23. The van der Waals surface area contributed by atoms with Crippen LogP contribution in [0.5, 0.6) is 0 Å². The largest absolute Gasteiger partial charge is 0.477 e. The Balaban J connectivity index is 2.09. The second kappa shape index (κ2) is 5.12. The van der Waals surface area contributed by atoms with E-state index in [9.17, 15) is 13.2 Å². The Kier molecular flexibility index (Phi) is 3.70. The van der Waals surface area contributed by atoms with Gasteiger partial charge in [-0.1, -0.05) is 0 Å². The minimum Gasteiger partial charge on any atom is -0.477 e. The zero-order valence-corrected chi connectivity index (χ0v) is 11.3. The Morgan fingerprint density at radius 2 is 2.00 bits per heavy atom. The lowest BCUT2D eigenvalue weighted by Crippen LogP contribution is -2.32. The van der Waals surface area contributed by atoms with Gasteiger partial charge in [0, 0.05) is 11.7 Å². The number of carbonyl (C=O) groups is 1. The summed E-state index contributed by atoms with van der Waals surface area (Å²) in [5.41, 5.74) is 0.483. The molecule has 1 saturated heterocycles. The first-order valence-electron chi connectivity index (χ1n) is 5.92. The van der Waals surface area contributed by atoms with E-state index in [1.165, 1.54) is 6.07 Å². The molecular formula is C11H15N3O4S. The van der Waals surface area contributed by atoms with Crippen molar-refractivity contribution < 1.29 is 18.3 Å². The van der Waals surface area contributed by atoms with Gasteiger partial charge in [0.15, 0.2) is 5.69 Å². The maximum atomic E-state index is 11.3. The molecule has 7 nitrogen and oxygen atoms in total. The first kappa shape index (κ1) is 13.7. The maximum Gasteiger partial charge on any atom is 0.354 e. The highest BCUT2D eigenvalue weighted by Gasteiger charge is 2.24. The van der Waals surface area contributed by atoms with Gasteiger partial charge >= 0.3 is 5.97 Å². The normalized spacial score (nSPS) is 19.0. The van der Waals surface area contributed by atoms with E-state index in [0.29, 0.717) is 18.5 Å². The van der Waals surface area contributed by atoms with Crippen LogP contribution in [0.2, 0.25) is 0 Å². The number of carboxylic acid groups (broad SMARTS) is 1. The molecule has 1 aromatic rings. The van der Waals surface area contributed by atoms with Crippen molar-refractivity contribution in [2.45, 2.75) is 25.8 Å². The SMILES string of the molecule is Cc1cc(C(=O)O)nc(NC2CCS(=O)(=O)CC2)n1. The molecule has 104 valence electrons. The van der Waals surface area contributed by atoms with Crippen molar-refractivity contribution in [3.05, 3.63) is 17.5 Å². The minimum absolute atomic E-state index is 0.0352. The average Bonchev–Trinajstić information content (AvgIpc) is 2.31. The molecule has 0 aliphatic carbocycles.